The predicted molar refractivity (Wildman–Crippen MR) is 89.3 cm³/mol. The zero-order valence-electron chi connectivity index (χ0n) is 12.9. The first kappa shape index (κ1) is 18.8. The first-order chi connectivity index (χ1) is 11.1. The number of nitriles is 1. The van der Waals surface area contributed by atoms with Crippen molar-refractivity contribution in [3.05, 3.63) is 35.0 Å². The Kier molecular flexibility index (Phi) is 8.58. The Morgan fingerprint density at radius 2 is 2.22 bits per heavy atom. The largest absolute Gasteiger partial charge is 0.495 e. The van der Waals surface area contributed by atoms with Crippen LogP contribution in [0.3, 0.4) is 0 Å². The number of carbonyl (C=O) groups excluding carboxylic acids is 1. The van der Waals surface area contributed by atoms with Crippen LogP contribution < -0.4 is 15.4 Å². The van der Waals surface area contributed by atoms with E-state index in [-0.39, 0.29) is 12.2 Å². The molecule has 0 unspecified atom stereocenters. The molecule has 0 aliphatic carbocycles. The molecule has 0 aromatic heterocycles. The van der Waals surface area contributed by atoms with Gasteiger partial charge in [-0.05, 0) is 37.5 Å². The predicted octanol–water partition coefficient (Wildman–Crippen LogP) is 2.45. The summed E-state index contributed by atoms with van der Waals surface area (Å²) in [5, 5.41) is 23.7. The number of hydrogen-bond donors (Lipinski definition) is 3. The Morgan fingerprint density at radius 3 is 2.87 bits per heavy atom. The fraction of sp³-hybridized carbons (Fsp3) is 0.375. The topological polar surface area (TPSA) is 94.4 Å². The lowest BCUT2D eigenvalue weighted by Gasteiger charge is -2.10. The van der Waals surface area contributed by atoms with Gasteiger partial charge in [0.05, 0.1) is 12.8 Å². The molecule has 0 radical (unpaired) electrons. The van der Waals surface area contributed by atoms with Crippen LogP contribution in [-0.4, -0.2) is 31.3 Å². The van der Waals surface area contributed by atoms with E-state index in [1.54, 1.807) is 18.2 Å². The van der Waals surface area contributed by atoms with E-state index in [9.17, 15) is 4.79 Å². The van der Waals surface area contributed by atoms with Crippen molar-refractivity contribution in [2.45, 2.75) is 19.3 Å². The molecule has 0 bridgehead atoms. The summed E-state index contributed by atoms with van der Waals surface area (Å²) >= 11 is 5.90. The molecule has 23 heavy (non-hydrogen) atoms. The number of ether oxygens (including phenoxy) is 1. The molecule has 0 heterocycles. The van der Waals surface area contributed by atoms with Crippen LogP contribution in [0, 0.1) is 11.3 Å². The number of nitrogens with zero attached hydrogens (tertiary/aromatic N) is 1. The van der Waals surface area contributed by atoms with E-state index in [1.165, 1.54) is 13.3 Å². The number of anilines is 1. The second-order valence-electron chi connectivity index (χ2n) is 4.71. The van der Waals surface area contributed by atoms with Gasteiger partial charge in [-0.15, -0.1) is 0 Å². The second-order valence-corrected chi connectivity index (χ2v) is 5.14. The number of methoxy groups -OCH3 is 1. The Hall–Kier alpha value is -2.23. The quantitative estimate of drug-likeness (QED) is 0.365. The number of aliphatic hydroxyl groups is 1. The SMILES string of the molecule is COc1ccc(Cl)cc1NC(=O)/C(C#N)=C\NCCCCCO. The molecule has 1 amide bonds. The molecule has 124 valence electrons. The third-order valence-corrected chi connectivity index (χ3v) is 3.24. The van der Waals surface area contributed by atoms with Crippen LogP contribution in [0.15, 0.2) is 30.0 Å². The van der Waals surface area contributed by atoms with Crippen molar-refractivity contribution in [2.24, 2.45) is 0 Å². The molecule has 6 nitrogen and oxygen atoms in total. The molecule has 3 N–H and O–H groups in total. The number of amides is 1. The zero-order valence-corrected chi connectivity index (χ0v) is 13.7. The van der Waals surface area contributed by atoms with E-state index in [2.05, 4.69) is 10.6 Å². The molecule has 0 atom stereocenters. The number of halogens is 1. The van der Waals surface area contributed by atoms with Gasteiger partial charge >= 0.3 is 0 Å². The van der Waals surface area contributed by atoms with Gasteiger partial charge in [0.25, 0.3) is 5.91 Å². The molecule has 0 fully saturated rings. The smallest absolute Gasteiger partial charge is 0.267 e. The highest BCUT2D eigenvalue weighted by Gasteiger charge is 2.12. The fourth-order valence-corrected chi connectivity index (χ4v) is 1.98. The Bertz CT molecular complexity index is 597. The minimum Gasteiger partial charge on any atom is -0.495 e. The molecule has 0 aliphatic rings. The maximum Gasteiger partial charge on any atom is 0.267 e. The molecule has 1 rings (SSSR count). The van der Waals surface area contributed by atoms with Crippen molar-refractivity contribution in [1.82, 2.24) is 5.32 Å². The molecule has 1 aromatic rings. The molecular weight excluding hydrogens is 318 g/mol. The number of aliphatic hydroxyl groups excluding tert-OH is 1. The normalized spacial score (nSPS) is 10.8. The van der Waals surface area contributed by atoms with E-state index in [0.717, 1.165) is 19.3 Å². The van der Waals surface area contributed by atoms with Gasteiger partial charge < -0.3 is 20.5 Å². The first-order valence-corrected chi connectivity index (χ1v) is 7.59. The minimum atomic E-state index is -0.545. The van der Waals surface area contributed by atoms with Crippen LogP contribution in [0.5, 0.6) is 5.75 Å². The zero-order chi connectivity index (χ0) is 17.1. The van der Waals surface area contributed by atoms with Gasteiger partial charge in [0, 0.05) is 24.4 Å². The summed E-state index contributed by atoms with van der Waals surface area (Å²) < 4.78 is 5.14. The lowest BCUT2D eigenvalue weighted by molar-refractivity contribution is -0.112. The lowest BCUT2D eigenvalue weighted by Crippen LogP contribution is -2.17. The summed E-state index contributed by atoms with van der Waals surface area (Å²) in [5.41, 5.74) is 0.350. The fourth-order valence-electron chi connectivity index (χ4n) is 1.81. The average Bonchev–Trinajstić information content (AvgIpc) is 2.54. The minimum absolute atomic E-state index is 0.0470. The number of carbonyl (C=O) groups is 1. The van der Waals surface area contributed by atoms with Crippen molar-refractivity contribution in [2.75, 3.05) is 25.6 Å². The molecule has 0 spiro atoms. The second kappa shape index (κ2) is 10.5. The van der Waals surface area contributed by atoms with E-state index in [4.69, 9.17) is 26.7 Å². The number of benzene rings is 1. The molecule has 0 aliphatic heterocycles. The highest BCUT2D eigenvalue weighted by atomic mass is 35.5. The van der Waals surface area contributed by atoms with E-state index >= 15 is 0 Å². The van der Waals surface area contributed by atoms with Crippen LogP contribution >= 0.6 is 11.6 Å². The van der Waals surface area contributed by atoms with Gasteiger partial charge in [0.2, 0.25) is 0 Å². The van der Waals surface area contributed by atoms with Crippen molar-refractivity contribution in [1.29, 1.82) is 5.26 Å². The van der Waals surface area contributed by atoms with Crippen LogP contribution in [0.2, 0.25) is 5.02 Å². The molecule has 7 heteroatoms. The van der Waals surface area contributed by atoms with Crippen LogP contribution in [0.4, 0.5) is 5.69 Å². The summed E-state index contributed by atoms with van der Waals surface area (Å²) in [6.45, 7) is 0.794. The van der Waals surface area contributed by atoms with Gasteiger partial charge in [0.15, 0.2) is 0 Å². The Morgan fingerprint density at radius 1 is 1.43 bits per heavy atom. The molecule has 0 saturated heterocycles. The highest BCUT2D eigenvalue weighted by Crippen LogP contribution is 2.27. The van der Waals surface area contributed by atoms with Gasteiger partial charge in [-0.2, -0.15) is 5.26 Å². The number of hydrogen-bond acceptors (Lipinski definition) is 5. The van der Waals surface area contributed by atoms with Gasteiger partial charge in [-0.3, -0.25) is 4.79 Å². The van der Waals surface area contributed by atoms with Gasteiger partial charge in [-0.25, -0.2) is 0 Å². The molecule has 1 aromatic carbocycles. The van der Waals surface area contributed by atoms with Gasteiger partial charge in [0.1, 0.15) is 17.4 Å². The summed E-state index contributed by atoms with van der Waals surface area (Å²) in [7, 11) is 1.48. The monoisotopic (exact) mass is 337 g/mol. The summed E-state index contributed by atoms with van der Waals surface area (Å²) in [5.74, 6) is -0.0899. The molecular formula is C16H20ClN3O3. The van der Waals surface area contributed by atoms with Crippen molar-refractivity contribution in [3.63, 3.8) is 0 Å². The van der Waals surface area contributed by atoms with Crippen LogP contribution in [0.25, 0.3) is 0 Å². The molecule has 0 saturated carbocycles. The summed E-state index contributed by atoms with van der Waals surface area (Å²) in [6.07, 6.45) is 3.85. The summed E-state index contributed by atoms with van der Waals surface area (Å²) in [4.78, 5) is 12.1. The first-order valence-electron chi connectivity index (χ1n) is 7.21. The maximum absolute atomic E-state index is 12.1. The van der Waals surface area contributed by atoms with Crippen LogP contribution in [0.1, 0.15) is 19.3 Å². The standard InChI is InChI=1S/C16H20ClN3O3/c1-23-15-6-5-13(17)9-14(15)20-16(22)12(10-18)11-19-7-3-2-4-8-21/h5-6,9,11,19,21H,2-4,7-8H2,1H3,(H,20,22)/b12-11-. The van der Waals surface area contributed by atoms with E-state index < -0.39 is 5.91 Å². The lowest BCUT2D eigenvalue weighted by atomic mass is 10.2. The third kappa shape index (κ3) is 6.59. The highest BCUT2D eigenvalue weighted by molar-refractivity contribution is 6.31. The Labute approximate surface area is 140 Å². The van der Waals surface area contributed by atoms with Crippen molar-refractivity contribution < 1.29 is 14.6 Å². The van der Waals surface area contributed by atoms with Crippen molar-refractivity contribution in [3.8, 4) is 11.8 Å². The number of unbranched alkanes of at least 4 members (excludes halogenated alkanes) is 2. The number of nitrogens with one attached hydrogen (secondary N) is 2. The third-order valence-electron chi connectivity index (χ3n) is 3.00. The number of rotatable bonds is 9. The maximum atomic E-state index is 12.1. The Balaban J connectivity index is 2.64. The van der Waals surface area contributed by atoms with Crippen LogP contribution in [-0.2, 0) is 4.79 Å². The summed E-state index contributed by atoms with van der Waals surface area (Å²) in [6, 6.07) is 6.68. The average molecular weight is 338 g/mol. The van der Waals surface area contributed by atoms with E-state index in [1.807, 2.05) is 6.07 Å². The van der Waals surface area contributed by atoms with Gasteiger partial charge in [-0.1, -0.05) is 11.6 Å². The van der Waals surface area contributed by atoms with Crippen molar-refractivity contribution >= 4 is 23.2 Å². The van der Waals surface area contributed by atoms with E-state index in [0.29, 0.717) is 23.0 Å².